The minimum Gasteiger partial charge on any atom is -0.508 e. The number of nitrogens with one attached hydrogen (secondary N) is 3. The van der Waals surface area contributed by atoms with Crippen LogP contribution in [0.25, 0.3) is 0 Å². The van der Waals surface area contributed by atoms with E-state index in [2.05, 4.69) is 16.0 Å². The van der Waals surface area contributed by atoms with Crippen LogP contribution in [-0.4, -0.2) is 58.1 Å². The molecule has 166 valence electrons. The highest BCUT2D eigenvalue weighted by Crippen LogP contribution is 2.12. The summed E-state index contributed by atoms with van der Waals surface area (Å²) in [5, 5.41) is 25.9. The number of carbonyl (C=O) groups is 4. The topological polar surface area (TPSA) is 171 Å². The van der Waals surface area contributed by atoms with Gasteiger partial charge in [0.1, 0.15) is 23.9 Å². The minimum absolute atomic E-state index is 0.0433. The molecular weight excluding hydrogens is 392 g/mol. The zero-order valence-electron chi connectivity index (χ0n) is 17.5. The van der Waals surface area contributed by atoms with Crippen LogP contribution < -0.4 is 21.7 Å². The molecule has 30 heavy (non-hydrogen) atoms. The SMILES string of the molecule is CC(N)C(=O)NC(C(=O)NC(Cc1ccc(O)cc1)C(=O)NC(C)C(=O)O)C(C)C. The Morgan fingerprint density at radius 3 is 1.93 bits per heavy atom. The van der Waals surface area contributed by atoms with Crippen LogP contribution >= 0.6 is 0 Å². The highest BCUT2D eigenvalue weighted by atomic mass is 16.4. The van der Waals surface area contributed by atoms with E-state index in [-0.39, 0.29) is 18.1 Å². The molecule has 4 unspecified atom stereocenters. The molecule has 4 atom stereocenters. The van der Waals surface area contributed by atoms with Crippen molar-refractivity contribution in [3.8, 4) is 5.75 Å². The number of benzene rings is 1. The molecule has 1 aromatic carbocycles. The van der Waals surface area contributed by atoms with Crippen molar-refractivity contribution in [2.45, 2.75) is 58.3 Å². The largest absolute Gasteiger partial charge is 0.508 e. The van der Waals surface area contributed by atoms with Crippen molar-refractivity contribution in [1.29, 1.82) is 0 Å². The number of rotatable bonds is 10. The Hall–Kier alpha value is -3.14. The molecule has 0 aromatic heterocycles. The van der Waals surface area contributed by atoms with Crippen LogP contribution in [0, 0.1) is 5.92 Å². The number of phenols is 1. The number of phenolic OH excluding ortho intramolecular Hbond substituents is 1. The van der Waals surface area contributed by atoms with Gasteiger partial charge in [-0.2, -0.15) is 0 Å². The standard InChI is InChI=1S/C20H30N4O6/c1-10(2)16(24-17(26)11(3)21)19(28)23-15(18(27)22-12(4)20(29)30)9-13-5-7-14(25)8-6-13/h5-8,10-12,15-16,25H,9,21H2,1-4H3,(H,22,27)(H,23,28)(H,24,26)(H,29,30). The van der Waals surface area contributed by atoms with Crippen molar-refractivity contribution in [1.82, 2.24) is 16.0 Å². The summed E-state index contributed by atoms with van der Waals surface area (Å²) >= 11 is 0. The lowest BCUT2D eigenvalue weighted by atomic mass is 10.0. The van der Waals surface area contributed by atoms with Crippen LogP contribution in [0.4, 0.5) is 0 Å². The quantitative estimate of drug-likeness (QED) is 0.295. The molecule has 3 amide bonds. The van der Waals surface area contributed by atoms with Gasteiger partial charge in [-0.15, -0.1) is 0 Å². The molecule has 0 aliphatic heterocycles. The third-order valence-corrected chi connectivity index (χ3v) is 4.40. The predicted octanol–water partition coefficient (Wildman–Crippen LogP) is -0.503. The summed E-state index contributed by atoms with van der Waals surface area (Å²) in [6, 6.07) is 2.03. The van der Waals surface area contributed by atoms with Crippen LogP contribution in [0.5, 0.6) is 5.75 Å². The second-order valence-corrected chi connectivity index (χ2v) is 7.52. The average molecular weight is 422 g/mol. The summed E-state index contributed by atoms with van der Waals surface area (Å²) < 4.78 is 0. The van der Waals surface area contributed by atoms with Crippen molar-refractivity contribution in [2.24, 2.45) is 11.7 Å². The van der Waals surface area contributed by atoms with Gasteiger partial charge in [-0.25, -0.2) is 0 Å². The van der Waals surface area contributed by atoms with Gasteiger partial charge in [0.05, 0.1) is 6.04 Å². The fraction of sp³-hybridized carbons (Fsp3) is 0.500. The molecule has 0 radical (unpaired) electrons. The van der Waals surface area contributed by atoms with Gasteiger partial charge < -0.3 is 31.9 Å². The van der Waals surface area contributed by atoms with E-state index in [1.807, 2.05) is 0 Å². The first-order valence-corrected chi connectivity index (χ1v) is 9.59. The lowest BCUT2D eigenvalue weighted by Gasteiger charge is -2.26. The molecule has 0 bridgehead atoms. The third kappa shape index (κ3) is 7.70. The maximum absolute atomic E-state index is 12.8. The van der Waals surface area contributed by atoms with Crippen molar-refractivity contribution in [3.05, 3.63) is 29.8 Å². The van der Waals surface area contributed by atoms with Crippen LogP contribution in [-0.2, 0) is 25.6 Å². The van der Waals surface area contributed by atoms with Crippen molar-refractivity contribution in [2.75, 3.05) is 0 Å². The molecule has 10 heteroatoms. The number of carbonyl (C=O) groups excluding carboxylic acids is 3. The fourth-order valence-corrected chi connectivity index (χ4v) is 2.53. The Morgan fingerprint density at radius 1 is 0.900 bits per heavy atom. The zero-order chi connectivity index (χ0) is 23.0. The Kier molecular flexibility index (Phi) is 9.25. The van der Waals surface area contributed by atoms with E-state index in [4.69, 9.17) is 10.8 Å². The fourth-order valence-electron chi connectivity index (χ4n) is 2.53. The van der Waals surface area contributed by atoms with Crippen molar-refractivity contribution < 1.29 is 29.4 Å². The molecule has 0 saturated carbocycles. The predicted molar refractivity (Wildman–Crippen MR) is 109 cm³/mol. The Morgan fingerprint density at radius 2 is 1.47 bits per heavy atom. The molecule has 1 aromatic rings. The van der Waals surface area contributed by atoms with E-state index in [1.165, 1.54) is 26.0 Å². The normalized spacial score (nSPS) is 14.9. The second kappa shape index (κ2) is 11.1. The van der Waals surface area contributed by atoms with E-state index in [9.17, 15) is 24.3 Å². The lowest BCUT2D eigenvalue weighted by molar-refractivity contribution is -0.141. The van der Waals surface area contributed by atoms with Crippen molar-refractivity contribution in [3.63, 3.8) is 0 Å². The number of nitrogens with two attached hydrogens (primary N) is 1. The molecule has 0 aliphatic rings. The third-order valence-electron chi connectivity index (χ3n) is 4.40. The monoisotopic (exact) mass is 422 g/mol. The van der Waals surface area contributed by atoms with Gasteiger partial charge in [-0.1, -0.05) is 26.0 Å². The molecule has 1 rings (SSSR count). The van der Waals surface area contributed by atoms with E-state index in [0.717, 1.165) is 0 Å². The lowest BCUT2D eigenvalue weighted by Crippen LogP contribution is -2.58. The van der Waals surface area contributed by atoms with Gasteiger partial charge in [-0.3, -0.25) is 19.2 Å². The Labute approximate surface area is 175 Å². The molecule has 0 heterocycles. The van der Waals surface area contributed by atoms with Crippen LogP contribution in [0.2, 0.25) is 0 Å². The first kappa shape index (κ1) is 24.9. The summed E-state index contributed by atoms with van der Waals surface area (Å²) in [5.41, 5.74) is 6.18. The van der Waals surface area contributed by atoms with Gasteiger partial charge in [0.2, 0.25) is 17.7 Å². The van der Waals surface area contributed by atoms with Gasteiger partial charge >= 0.3 is 5.97 Å². The Balaban J connectivity index is 3.04. The number of aliphatic carboxylic acids is 1. The molecule has 10 nitrogen and oxygen atoms in total. The molecular formula is C20H30N4O6. The summed E-state index contributed by atoms with van der Waals surface area (Å²) in [6.45, 7) is 6.25. The molecule has 7 N–H and O–H groups in total. The van der Waals surface area contributed by atoms with Crippen LogP contribution in [0.1, 0.15) is 33.3 Å². The zero-order valence-corrected chi connectivity index (χ0v) is 17.5. The number of aromatic hydroxyl groups is 1. The second-order valence-electron chi connectivity index (χ2n) is 7.52. The van der Waals surface area contributed by atoms with Crippen LogP contribution in [0.3, 0.4) is 0 Å². The number of hydrogen-bond acceptors (Lipinski definition) is 6. The van der Waals surface area contributed by atoms with Gasteiger partial charge in [0.25, 0.3) is 0 Å². The first-order chi connectivity index (χ1) is 13.9. The number of amides is 3. The van der Waals surface area contributed by atoms with Crippen LogP contribution in [0.15, 0.2) is 24.3 Å². The maximum atomic E-state index is 12.8. The molecule has 0 fully saturated rings. The molecule has 0 aliphatic carbocycles. The highest BCUT2D eigenvalue weighted by Gasteiger charge is 2.30. The smallest absolute Gasteiger partial charge is 0.325 e. The molecule has 0 saturated heterocycles. The summed E-state index contributed by atoms with van der Waals surface area (Å²) in [6.07, 6.45) is 0.0518. The maximum Gasteiger partial charge on any atom is 0.325 e. The highest BCUT2D eigenvalue weighted by molar-refractivity contribution is 5.94. The summed E-state index contributed by atoms with van der Waals surface area (Å²) in [5.74, 6) is -3.26. The summed E-state index contributed by atoms with van der Waals surface area (Å²) in [7, 11) is 0. The van der Waals surface area contributed by atoms with E-state index >= 15 is 0 Å². The first-order valence-electron chi connectivity index (χ1n) is 9.59. The number of hydrogen-bond donors (Lipinski definition) is 6. The summed E-state index contributed by atoms with van der Waals surface area (Å²) in [4.78, 5) is 48.5. The van der Waals surface area contributed by atoms with E-state index in [0.29, 0.717) is 5.56 Å². The van der Waals surface area contributed by atoms with E-state index in [1.54, 1.807) is 26.0 Å². The van der Waals surface area contributed by atoms with Crippen molar-refractivity contribution >= 4 is 23.7 Å². The number of carboxylic acid groups (broad SMARTS) is 1. The van der Waals surface area contributed by atoms with Gasteiger partial charge in [0.15, 0.2) is 0 Å². The number of carboxylic acids is 1. The Bertz CT molecular complexity index is 763. The minimum atomic E-state index is -1.22. The molecule has 0 spiro atoms. The van der Waals surface area contributed by atoms with Gasteiger partial charge in [-0.05, 0) is 37.5 Å². The average Bonchev–Trinajstić information content (AvgIpc) is 2.66. The van der Waals surface area contributed by atoms with E-state index < -0.39 is 47.9 Å². The van der Waals surface area contributed by atoms with Gasteiger partial charge in [0, 0.05) is 6.42 Å².